The van der Waals surface area contributed by atoms with Crippen LogP contribution in [0.4, 0.5) is 5.69 Å². The summed E-state index contributed by atoms with van der Waals surface area (Å²) >= 11 is 0. The van der Waals surface area contributed by atoms with Crippen LogP contribution in [0.15, 0.2) is 89.3 Å². The maximum atomic E-state index is 13.1. The van der Waals surface area contributed by atoms with Gasteiger partial charge in [-0.05, 0) is 49.7 Å². The number of hydrogen-bond donors (Lipinski definition) is 1. The summed E-state index contributed by atoms with van der Waals surface area (Å²) in [5.74, 6) is 2.29. The van der Waals surface area contributed by atoms with Crippen molar-refractivity contribution < 1.29 is 13.9 Å². The quantitative estimate of drug-likeness (QED) is 0.433. The van der Waals surface area contributed by atoms with E-state index < -0.39 is 5.54 Å². The summed E-state index contributed by atoms with van der Waals surface area (Å²) in [6.45, 7) is 3.45. The first kappa shape index (κ1) is 19.4. The third kappa shape index (κ3) is 3.92. The van der Waals surface area contributed by atoms with Gasteiger partial charge in [0.2, 0.25) is 5.91 Å². The molecule has 1 unspecified atom stereocenters. The van der Waals surface area contributed by atoms with E-state index in [0.717, 1.165) is 41.1 Å². The minimum Gasteiger partial charge on any atom is -0.460 e. The highest BCUT2D eigenvalue weighted by Gasteiger charge is 2.47. The Morgan fingerprint density at radius 2 is 1.77 bits per heavy atom. The lowest BCUT2D eigenvalue weighted by molar-refractivity contribution is -0.136. The number of amides is 1. The Kier molecular flexibility index (Phi) is 4.96. The topological polar surface area (TPSA) is 54.7 Å². The van der Waals surface area contributed by atoms with Gasteiger partial charge in [-0.1, -0.05) is 42.5 Å². The molecule has 0 spiro atoms. The van der Waals surface area contributed by atoms with Gasteiger partial charge in [0.1, 0.15) is 22.8 Å². The van der Waals surface area contributed by atoms with Crippen LogP contribution in [0, 0.1) is 0 Å². The first-order valence-corrected chi connectivity index (χ1v) is 10.5. The molecule has 5 nitrogen and oxygen atoms in total. The Morgan fingerprint density at radius 1 is 1.00 bits per heavy atom. The number of carbonyl (C=O) groups is 1. The normalized spacial score (nSPS) is 18.5. The molecule has 1 atom stereocenters. The third-order valence-electron chi connectivity index (χ3n) is 5.95. The van der Waals surface area contributed by atoms with Gasteiger partial charge in [0.25, 0.3) is 0 Å². The van der Waals surface area contributed by atoms with E-state index in [1.807, 2.05) is 85.8 Å². The number of fused-ring (bicyclic) bond motifs is 1. The van der Waals surface area contributed by atoms with Gasteiger partial charge in [-0.15, -0.1) is 0 Å². The number of para-hydroxylation sites is 2. The lowest BCUT2D eigenvalue weighted by Gasteiger charge is -2.48. The molecule has 1 aliphatic rings. The van der Waals surface area contributed by atoms with Crippen LogP contribution in [0.3, 0.4) is 0 Å². The fourth-order valence-corrected chi connectivity index (χ4v) is 3.95. The van der Waals surface area contributed by atoms with Crippen LogP contribution in [0.5, 0.6) is 11.5 Å². The molecule has 31 heavy (non-hydrogen) atoms. The lowest BCUT2D eigenvalue weighted by atomic mass is 9.85. The predicted octanol–water partition coefficient (Wildman–Crippen LogP) is 5.83. The lowest BCUT2D eigenvalue weighted by Crippen LogP contribution is -2.63. The van der Waals surface area contributed by atoms with E-state index in [1.165, 1.54) is 0 Å². The molecule has 0 bridgehead atoms. The van der Waals surface area contributed by atoms with Crippen molar-refractivity contribution in [1.29, 1.82) is 0 Å². The minimum atomic E-state index is -0.574. The second-order valence-corrected chi connectivity index (χ2v) is 8.09. The first-order valence-electron chi connectivity index (χ1n) is 10.5. The van der Waals surface area contributed by atoms with Crippen LogP contribution >= 0.6 is 0 Å². The van der Waals surface area contributed by atoms with E-state index in [0.29, 0.717) is 12.3 Å². The van der Waals surface area contributed by atoms with Crippen molar-refractivity contribution in [2.24, 2.45) is 0 Å². The summed E-state index contributed by atoms with van der Waals surface area (Å²) < 4.78 is 11.8. The Morgan fingerprint density at radius 3 is 2.55 bits per heavy atom. The third-order valence-corrected chi connectivity index (χ3v) is 5.95. The first-order chi connectivity index (χ1) is 15.1. The van der Waals surface area contributed by atoms with Crippen molar-refractivity contribution in [2.75, 3.05) is 11.9 Å². The summed E-state index contributed by atoms with van der Waals surface area (Å²) in [7, 11) is 0. The van der Waals surface area contributed by atoms with E-state index in [1.54, 1.807) is 0 Å². The Hall–Kier alpha value is -3.57. The maximum Gasteiger partial charge on any atom is 0.244 e. The van der Waals surface area contributed by atoms with Crippen LogP contribution in [0.1, 0.15) is 19.1 Å². The van der Waals surface area contributed by atoms with Crippen LogP contribution in [-0.2, 0) is 11.3 Å². The van der Waals surface area contributed by atoms with Crippen LogP contribution in [0.25, 0.3) is 11.0 Å². The van der Waals surface area contributed by atoms with E-state index in [-0.39, 0.29) is 5.91 Å². The molecule has 3 aromatic carbocycles. The highest BCUT2D eigenvalue weighted by molar-refractivity contribution is 5.98. The molecule has 4 aromatic rings. The SMILES string of the molecule is CC1(C(=O)Nc2cccc(Oc3ccccc3)c2)CCN1Cc1cc2ccccc2o1. The fraction of sp³-hybridized carbons (Fsp3) is 0.192. The van der Waals surface area contributed by atoms with E-state index in [4.69, 9.17) is 9.15 Å². The number of hydrogen-bond acceptors (Lipinski definition) is 4. The summed E-state index contributed by atoms with van der Waals surface area (Å²) in [5, 5.41) is 4.14. The zero-order valence-corrected chi connectivity index (χ0v) is 17.4. The number of rotatable bonds is 6. The van der Waals surface area contributed by atoms with Crippen molar-refractivity contribution in [3.05, 3.63) is 90.7 Å². The molecule has 2 heterocycles. The standard InChI is InChI=1S/C26H24N2O3/c1-26(14-15-28(26)18-23-16-19-8-5-6-13-24(19)31-23)25(29)27-20-9-7-12-22(17-20)30-21-10-3-2-4-11-21/h2-13,16-17H,14-15,18H2,1H3,(H,27,29). The number of likely N-dealkylation sites (tertiary alicyclic amines) is 1. The largest absolute Gasteiger partial charge is 0.460 e. The Bertz CT molecular complexity index is 1180. The number of carbonyl (C=O) groups excluding carboxylic acids is 1. The van der Waals surface area contributed by atoms with Crippen molar-refractivity contribution in [1.82, 2.24) is 4.90 Å². The molecular formula is C26H24N2O3. The number of anilines is 1. The average molecular weight is 412 g/mol. The molecule has 0 saturated carbocycles. The molecule has 1 aliphatic heterocycles. The van der Waals surface area contributed by atoms with Gasteiger partial charge in [0.15, 0.2) is 0 Å². The summed E-state index contributed by atoms with van der Waals surface area (Å²) in [5.41, 5.74) is 1.02. The molecule has 1 saturated heterocycles. The van der Waals surface area contributed by atoms with E-state index >= 15 is 0 Å². The van der Waals surface area contributed by atoms with Gasteiger partial charge in [-0.2, -0.15) is 0 Å². The second kappa shape index (κ2) is 7.93. The van der Waals surface area contributed by atoms with Crippen LogP contribution < -0.4 is 10.1 Å². The number of furan rings is 1. The molecule has 0 radical (unpaired) electrons. The Labute approximate surface area is 181 Å². The maximum absolute atomic E-state index is 13.1. The molecule has 1 amide bonds. The highest BCUT2D eigenvalue weighted by atomic mass is 16.5. The fourth-order valence-electron chi connectivity index (χ4n) is 3.95. The van der Waals surface area contributed by atoms with E-state index in [9.17, 15) is 4.79 Å². The van der Waals surface area contributed by atoms with Crippen LogP contribution in [-0.4, -0.2) is 22.9 Å². The van der Waals surface area contributed by atoms with Gasteiger partial charge in [0.05, 0.1) is 12.1 Å². The van der Waals surface area contributed by atoms with Gasteiger partial charge in [-0.25, -0.2) is 0 Å². The smallest absolute Gasteiger partial charge is 0.244 e. The predicted molar refractivity (Wildman–Crippen MR) is 121 cm³/mol. The number of nitrogens with zero attached hydrogens (tertiary/aromatic N) is 1. The average Bonchev–Trinajstić information content (AvgIpc) is 3.20. The van der Waals surface area contributed by atoms with Gasteiger partial charge < -0.3 is 14.5 Å². The van der Waals surface area contributed by atoms with Gasteiger partial charge >= 0.3 is 0 Å². The molecule has 5 rings (SSSR count). The molecule has 1 fully saturated rings. The van der Waals surface area contributed by atoms with Gasteiger partial charge in [-0.3, -0.25) is 9.69 Å². The molecule has 0 aliphatic carbocycles. The summed E-state index contributed by atoms with van der Waals surface area (Å²) in [4.78, 5) is 15.3. The van der Waals surface area contributed by atoms with Crippen molar-refractivity contribution in [3.63, 3.8) is 0 Å². The molecule has 1 N–H and O–H groups in total. The monoisotopic (exact) mass is 412 g/mol. The number of benzene rings is 3. The number of nitrogens with one attached hydrogen (secondary N) is 1. The highest BCUT2D eigenvalue weighted by Crippen LogP contribution is 2.34. The molecule has 5 heteroatoms. The molecular weight excluding hydrogens is 388 g/mol. The molecule has 156 valence electrons. The van der Waals surface area contributed by atoms with Crippen molar-refractivity contribution >= 4 is 22.6 Å². The minimum absolute atomic E-state index is 0.0216. The Balaban J connectivity index is 1.27. The zero-order valence-electron chi connectivity index (χ0n) is 17.4. The van der Waals surface area contributed by atoms with Crippen molar-refractivity contribution in [2.45, 2.75) is 25.4 Å². The second-order valence-electron chi connectivity index (χ2n) is 8.09. The molecule has 1 aromatic heterocycles. The number of ether oxygens (including phenoxy) is 1. The summed E-state index contributed by atoms with van der Waals surface area (Å²) in [6.07, 6.45) is 0.805. The van der Waals surface area contributed by atoms with Crippen molar-refractivity contribution in [3.8, 4) is 11.5 Å². The van der Waals surface area contributed by atoms with E-state index in [2.05, 4.69) is 16.3 Å². The zero-order chi connectivity index (χ0) is 21.3. The van der Waals surface area contributed by atoms with Crippen LogP contribution in [0.2, 0.25) is 0 Å². The summed E-state index contributed by atoms with van der Waals surface area (Å²) in [6, 6.07) is 27.1. The van der Waals surface area contributed by atoms with Gasteiger partial charge in [0, 0.05) is 23.7 Å².